The van der Waals surface area contributed by atoms with Crippen LogP contribution in [0.2, 0.25) is 0 Å². The lowest BCUT2D eigenvalue weighted by Gasteiger charge is -2.04. The summed E-state index contributed by atoms with van der Waals surface area (Å²) in [6.45, 7) is 7.02. The molecular formula is C11H17BrN2O. The van der Waals surface area contributed by atoms with Crippen LogP contribution in [0.5, 0.6) is 0 Å². The molecule has 84 valence electrons. The average Bonchev–Trinajstić information content (AvgIpc) is 2.44. The number of aromatic nitrogens is 2. The van der Waals surface area contributed by atoms with E-state index in [2.05, 4.69) is 27.6 Å². The molecule has 1 rings (SSSR count). The van der Waals surface area contributed by atoms with Crippen molar-refractivity contribution in [3.8, 4) is 0 Å². The second-order valence-corrected chi connectivity index (χ2v) is 4.25. The zero-order valence-corrected chi connectivity index (χ0v) is 10.9. The first-order valence-electron chi connectivity index (χ1n) is 5.03. The number of hydrogen-bond donors (Lipinski definition) is 0. The molecule has 0 fully saturated rings. The molecule has 4 heteroatoms. The molecule has 0 aliphatic heterocycles. The summed E-state index contributed by atoms with van der Waals surface area (Å²) in [5.41, 5.74) is 2.09. The minimum Gasteiger partial charge on any atom is -0.375 e. The average molecular weight is 273 g/mol. The van der Waals surface area contributed by atoms with Crippen LogP contribution in [0, 0.1) is 6.92 Å². The number of ether oxygens (including phenoxy) is 1. The van der Waals surface area contributed by atoms with E-state index in [1.165, 1.54) is 0 Å². The predicted octanol–water partition coefficient (Wildman–Crippen LogP) is 2.97. The van der Waals surface area contributed by atoms with Gasteiger partial charge in [-0.05, 0) is 35.7 Å². The quantitative estimate of drug-likeness (QED) is 0.588. The van der Waals surface area contributed by atoms with Crippen molar-refractivity contribution < 1.29 is 4.74 Å². The van der Waals surface area contributed by atoms with Crippen LogP contribution in [0.25, 0.3) is 0 Å². The van der Waals surface area contributed by atoms with E-state index in [-0.39, 0.29) is 0 Å². The maximum atomic E-state index is 5.56. The van der Waals surface area contributed by atoms with Gasteiger partial charge in [-0.25, -0.2) is 0 Å². The molecule has 0 bridgehead atoms. The molecule has 0 saturated heterocycles. The highest BCUT2D eigenvalue weighted by Gasteiger charge is 2.09. The molecule has 1 aromatic rings. The predicted molar refractivity (Wildman–Crippen MR) is 64.7 cm³/mol. The van der Waals surface area contributed by atoms with Gasteiger partial charge in [-0.15, -0.1) is 6.58 Å². The van der Waals surface area contributed by atoms with Gasteiger partial charge < -0.3 is 4.74 Å². The zero-order valence-electron chi connectivity index (χ0n) is 9.29. The van der Waals surface area contributed by atoms with Gasteiger partial charge in [-0.2, -0.15) is 5.10 Å². The van der Waals surface area contributed by atoms with E-state index in [9.17, 15) is 0 Å². The summed E-state index contributed by atoms with van der Waals surface area (Å²) in [4.78, 5) is 0. The van der Waals surface area contributed by atoms with Gasteiger partial charge in [0.25, 0.3) is 0 Å². The third-order valence-corrected chi connectivity index (χ3v) is 3.23. The third kappa shape index (κ3) is 3.47. The number of halogens is 1. The van der Waals surface area contributed by atoms with E-state index >= 15 is 0 Å². The van der Waals surface area contributed by atoms with Crippen LogP contribution in [0.1, 0.15) is 24.2 Å². The second kappa shape index (κ2) is 6.08. The largest absolute Gasteiger partial charge is 0.375 e. The molecule has 1 heterocycles. The molecule has 0 aromatic carbocycles. The summed E-state index contributed by atoms with van der Waals surface area (Å²) in [6, 6.07) is 0. The third-order valence-electron chi connectivity index (χ3n) is 2.20. The number of rotatable bonds is 6. The van der Waals surface area contributed by atoms with E-state index in [1.54, 1.807) is 0 Å². The minimum atomic E-state index is 0.606. The highest BCUT2D eigenvalue weighted by atomic mass is 79.9. The topological polar surface area (TPSA) is 27.1 Å². The highest BCUT2D eigenvalue weighted by molar-refractivity contribution is 9.10. The second-order valence-electron chi connectivity index (χ2n) is 3.45. The van der Waals surface area contributed by atoms with Gasteiger partial charge in [0.15, 0.2) is 0 Å². The lowest BCUT2D eigenvalue weighted by Crippen LogP contribution is -2.02. The van der Waals surface area contributed by atoms with E-state index < -0.39 is 0 Å². The molecular weight excluding hydrogens is 256 g/mol. The normalized spacial score (nSPS) is 10.6. The molecule has 3 nitrogen and oxygen atoms in total. The Morgan fingerprint density at radius 3 is 2.87 bits per heavy atom. The molecule has 15 heavy (non-hydrogen) atoms. The van der Waals surface area contributed by atoms with E-state index in [0.29, 0.717) is 6.61 Å². The number of unbranched alkanes of at least 4 members (excludes halogenated alkanes) is 1. The Kier molecular flexibility index (Phi) is 5.05. The number of allylic oxidation sites excluding steroid dienone is 1. The number of nitrogens with zero attached hydrogens (tertiary/aromatic N) is 2. The van der Waals surface area contributed by atoms with Crippen molar-refractivity contribution in [2.24, 2.45) is 7.05 Å². The van der Waals surface area contributed by atoms with Crippen molar-refractivity contribution >= 4 is 15.9 Å². The van der Waals surface area contributed by atoms with E-state index in [0.717, 1.165) is 35.3 Å². The fourth-order valence-corrected chi connectivity index (χ4v) is 1.79. The van der Waals surface area contributed by atoms with Crippen LogP contribution >= 0.6 is 15.9 Å². The molecule has 0 amide bonds. The summed E-state index contributed by atoms with van der Waals surface area (Å²) in [5.74, 6) is 0. The molecule has 0 atom stereocenters. The van der Waals surface area contributed by atoms with Crippen LogP contribution in [0.15, 0.2) is 17.1 Å². The van der Waals surface area contributed by atoms with Crippen molar-refractivity contribution in [3.63, 3.8) is 0 Å². The lowest BCUT2D eigenvalue weighted by atomic mass is 10.3. The first-order valence-corrected chi connectivity index (χ1v) is 5.82. The van der Waals surface area contributed by atoms with Crippen molar-refractivity contribution in [1.82, 2.24) is 9.78 Å². The molecule has 0 unspecified atom stereocenters. The van der Waals surface area contributed by atoms with Gasteiger partial charge in [-0.1, -0.05) is 6.08 Å². The molecule has 0 spiro atoms. The minimum absolute atomic E-state index is 0.606. The van der Waals surface area contributed by atoms with Crippen LogP contribution in [0.3, 0.4) is 0 Å². The van der Waals surface area contributed by atoms with Crippen molar-refractivity contribution in [2.75, 3.05) is 6.61 Å². The fraction of sp³-hybridized carbons (Fsp3) is 0.545. The van der Waals surface area contributed by atoms with E-state index in [1.807, 2.05) is 24.7 Å². The first kappa shape index (κ1) is 12.5. The Bertz CT molecular complexity index is 334. The van der Waals surface area contributed by atoms with Gasteiger partial charge in [0.05, 0.1) is 22.5 Å². The first-order chi connectivity index (χ1) is 7.16. The van der Waals surface area contributed by atoms with Gasteiger partial charge in [0.1, 0.15) is 0 Å². The monoisotopic (exact) mass is 272 g/mol. The Morgan fingerprint density at radius 1 is 1.60 bits per heavy atom. The number of hydrogen-bond acceptors (Lipinski definition) is 2. The van der Waals surface area contributed by atoms with Crippen LogP contribution in [-0.2, 0) is 18.4 Å². The summed E-state index contributed by atoms with van der Waals surface area (Å²) >= 11 is 3.50. The van der Waals surface area contributed by atoms with Gasteiger partial charge >= 0.3 is 0 Å². The Morgan fingerprint density at radius 2 is 2.33 bits per heavy atom. The van der Waals surface area contributed by atoms with Crippen LogP contribution in [0.4, 0.5) is 0 Å². The molecule has 1 aromatic heterocycles. The maximum absolute atomic E-state index is 5.56. The van der Waals surface area contributed by atoms with Crippen LogP contribution in [-0.4, -0.2) is 16.4 Å². The molecule has 0 radical (unpaired) electrons. The molecule has 0 N–H and O–H groups in total. The standard InChI is InChI=1S/C11H17BrN2O/c1-4-5-6-7-15-8-10-11(12)9(2)13-14(10)3/h4H,1,5-8H2,2-3H3. The van der Waals surface area contributed by atoms with Crippen molar-refractivity contribution in [1.29, 1.82) is 0 Å². The fourth-order valence-electron chi connectivity index (χ4n) is 1.34. The zero-order chi connectivity index (χ0) is 11.3. The molecule has 0 saturated carbocycles. The Hall–Kier alpha value is -0.610. The van der Waals surface area contributed by atoms with Gasteiger partial charge in [-0.3, -0.25) is 4.68 Å². The van der Waals surface area contributed by atoms with E-state index in [4.69, 9.17) is 4.74 Å². The van der Waals surface area contributed by atoms with Gasteiger partial charge in [0, 0.05) is 13.7 Å². The van der Waals surface area contributed by atoms with Crippen LogP contribution < -0.4 is 0 Å². The summed E-state index contributed by atoms with van der Waals surface area (Å²) in [7, 11) is 1.93. The lowest BCUT2D eigenvalue weighted by molar-refractivity contribution is 0.113. The van der Waals surface area contributed by atoms with Crippen molar-refractivity contribution in [2.45, 2.75) is 26.4 Å². The van der Waals surface area contributed by atoms with Crippen molar-refractivity contribution in [3.05, 3.63) is 28.5 Å². The molecule has 0 aliphatic carbocycles. The summed E-state index contributed by atoms with van der Waals surface area (Å²) in [6.07, 6.45) is 3.94. The summed E-state index contributed by atoms with van der Waals surface area (Å²) in [5, 5.41) is 4.30. The number of aryl methyl sites for hydroxylation is 2. The van der Waals surface area contributed by atoms with Gasteiger partial charge in [0.2, 0.25) is 0 Å². The molecule has 0 aliphatic rings. The maximum Gasteiger partial charge on any atom is 0.0896 e. The SMILES string of the molecule is C=CCCCOCc1c(Br)c(C)nn1C. The Labute approximate surface area is 99.2 Å². The smallest absolute Gasteiger partial charge is 0.0896 e. The summed E-state index contributed by atoms with van der Waals surface area (Å²) < 4.78 is 8.46. The Balaban J connectivity index is 2.40. The highest BCUT2D eigenvalue weighted by Crippen LogP contribution is 2.20.